The number of fused-ring (bicyclic) bond motifs is 3. The summed E-state index contributed by atoms with van der Waals surface area (Å²) in [5.74, 6) is 0. The molecule has 0 saturated heterocycles. The van der Waals surface area contributed by atoms with Gasteiger partial charge in [-0.1, -0.05) is 45.8 Å². The van der Waals surface area contributed by atoms with Crippen LogP contribution in [-0.4, -0.2) is 17.0 Å². The van der Waals surface area contributed by atoms with Gasteiger partial charge in [0.25, 0.3) is 10.0 Å². The molecule has 0 radical (unpaired) electrons. The van der Waals surface area contributed by atoms with Gasteiger partial charge in [0.1, 0.15) is 0 Å². The largest absolute Gasteiger partial charge is 0.343 e. The Morgan fingerprint density at radius 1 is 0.962 bits per heavy atom. The number of nitrogens with zero attached hydrogens (tertiary/aromatic N) is 2. The minimum Gasteiger partial charge on any atom is -0.293 e. The number of aryl methyl sites for hydroxylation is 2. The third-order valence-electron chi connectivity index (χ3n) is 4.51. The van der Waals surface area contributed by atoms with E-state index < -0.39 is 15.7 Å². The Kier molecular flexibility index (Phi) is 3.82. The normalized spacial score (nSPS) is 12.1. The summed E-state index contributed by atoms with van der Waals surface area (Å²) >= 11 is 3.43. The monoisotopic (exact) mass is 430 g/mol. The molecule has 0 aliphatic carbocycles. The van der Waals surface area contributed by atoms with Gasteiger partial charge in [-0.15, -0.1) is 0 Å². The van der Waals surface area contributed by atoms with Gasteiger partial charge in [-0.3, -0.25) is 4.57 Å². The van der Waals surface area contributed by atoms with Crippen LogP contribution in [0.5, 0.6) is 0 Å². The lowest BCUT2D eigenvalue weighted by Gasteiger charge is -2.07. The summed E-state index contributed by atoms with van der Waals surface area (Å²) < 4.78 is 29.4. The highest BCUT2D eigenvalue weighted by atomic mass is 79.9. The van der Waals surface area contributed by atoms with E-state index in [0.717, 1.165) is 24.8 Å². The van der Waals surface area contributed by atoms with E-state index in [1.807, 2.05) is 31.2 Å². The lowest BCUT2D eigenvalue weighted by atomic mass is 10.1. The van der Waals surface area contributed by atoms with Gasteiger partial charge < -0.3 is 0 Å². The second-order valence-corrected chi connectivity index (χ2v) is 8.93. The molecule has 0 aliphatic heterocycles. The van der Waals surface area contributed by atoms with Crippen molar-refractivity contribution >= 4 is 47.8 Å². The van der Waals surface area contributed by atoms with Crippen molar-refractivity contribution in [2.45, 2.75) is 11.8 Å². The minimum atomic E-state index is -3.99. The quantitative estimate of drug-likeness (QED) is 0.485. The van der Waals surface area contributed by atoms with Gasteiger partial charge in [-0.2, -0.15) is 3.97 Å². The first kappa shape index (κ1) is 17.1. The molecule has 0 atom stereocenters. The minimum absolute atomic E-state index is 0.0913. The van der Waals surface area contributed by atoms with E-state index in [2.05, 4.69) is 15.9 Å². The Morgan fingerprint density at radius 2 is 1.65 bits per heavy atom. The first-order chi connectivity index (χ1) is 12.3. The van der Waals surface area contributed by atoms with E-state index in [1.165, 1.54) is 16.7 Å². The lowest BCUT2D eigenvalue weighted by molar-refractivity contribution is 0.586. The number of hydrogen-bond donors (Lipinski definition) is 0. The van der Waals surface area contributed by atoms with E-state index in [1.54, 1.807) is 25.2 Å². The van der Waals surface area contributed by atoms with E-state index >= 15 is 0 Å². The van der Waals surface area contributed by atoms with Crippen molar-refractivity contribution in [1.29, 1.82) is 0 Å². The zero-order valence-corrected chi connectivity index (χ0v) is 16.5. The summed E-state index contributed by atoms with van der Waals surface area (Å²) in [5.41, 5.74) is 1.32. The molecule has 1 heterocycles. The zero-order valence-electron chi connectivity index (χ0n) is 14.1. The SMILES string of the molecule is Cc1ccc(S(=O)(=O)n2c(=O)n(C)c3c4ccc(Br)cc4ccc32)cc1. The molecule has 132 valence electrons. The molecular formula is C19H15BrN2O3S. The molecule has 4 aromatic rings. The number of aromatic nitrogens is 2. The molecule has 0 saturated carbocycles. The molecule has 0 unspecified atom stereocenters. The molecule has 0 N–H and O–H groups in total. The number of imidazole rings is 1. The molecule has 1 aromatic heterocycles. The number of benzene rings is 3. The Labute approximate surface area is 158 Å². The average molecular weight is 431 g/mol. The second-order valence-electron chi connectivity index (χ2n) is 6.22. The fraction of sp³-hybridized carbons (Fsp3) is 0.105. The molecular weight excluding hydrogens is 416 g/mol. The van der Waals surface area contributed by atoms with E-state index in [0.29, 0.717) is 11.0 Å². The smallest absolute Gasteiger partial charge is 0.293 e. The molecule has 0 spiro atoms. The second kappa shape index (κ2) is 5.82. The van der Waals surface area contributed by atoms with Gasteiger partial charge in [0.15, 0.2) is 0 Å². The van der Waals surface area contributed by atoms with Crippen LogP contribution in [0.25, 0.3) is 21.8 Å². The highest BCUT2D eigenvalue weighted by Gasteiger charge is 2.25. The van der Waals surface area contributed by atoms with Crippen LogP contribution in [0, 0.1) is 6.92 Å². The van der Waals surface area contributed by atoms with E-state index in [-0.39, 0.29) is 4.90 Å². The van der Waals surface area contributed by atoms with Crippen LogP contribution in [0.15, 0.2) is 68.8 Å². The first-order valence-electron chi connectivity index (χ1n) is 7.92. The predicted molar refractivity (Wildman–Crippen MR) is 106 cm³/mol. The standard InChI is InChI=1S/C19H15BrN2O3S/c1-12-3-7-15(8-4-12)26(24,25)22-17-10-5-13-11-14(20)6-9-16(13)18(17)21(2)19(22)23/h3-11H,1-2H3. The van der Waals surface area contributed by atoms with Gasteiger partial charge >= 0.3 is 5.69 Å². The maximum Gasteiger partial charge on any atom is 0.343 e. The number of rotatable bonds is 2. The summed E-state index contributed by atoms with van der Waals surface area (Å²) in [6, 6.07) is 15.7. The highest BCUT2D eigenvalue weighted by Crippen LogP contribution is 2.28. The van der Waals surface area contributed by atoms with Gasteiger partial charge in [0, 0.05) is 16.9 Å². The topological polar surface area (TPSA) is 61.1 Å². The highest BCUT2D eigenvalue weighted by molar-refractivity contribution is 9.10. The van der Waals surface area contributed by atoms with Gasteiger partial charge in [-0.05, 0) is 42.6 Å². The third kappa shape index (κ3) is 2.42. The summed E-state index contributed by atoms with van der Waals surface area (Å²) in [4.78, 5) is 12.9. The summed E-state index contributed by atoms with van der Waals surface area (Å²) in [6.07, 6.45) is 0. The maximum absolute atomic E-state index is 13.1. The van der Waals surface area contributed by atoms with Crippen molar-refractivity contribution in [3.05, 3.63) is 75.1 Å². The van der Waals surface area contributed by atoms with E-state index in [4.69, 9.17) is 0 Å². The first-order valence-corrected chi connectivity index (χ1v) is 10.2. The molecule has 0 aliphatic rings. The Bertz CT molecular complexity index is 1330. The van der Waals surface area contributed by atoms with Crippen molar-refractivity contribution in [3.63, 3.8) is 0 Å². The van der Waals surface area contributed by atoms with Crippen molar-refractivity contribution in [1.82, 2.24) is 8.54 Å². The molecule has 3 aromatic carbocycles. The Balaban J connectivity index is 2.11. The van der Waals surface area contributed by atoms with Gasteiger partial charge in [0.05, 0.1) is 15.9 Å². The van der Waals surface area contributed by atoms with Crippen LogP contribution in [0.3, 0.4) is 0 Å². The summed E-state index contributed by atoms with van der Waals surface area (Å²) in [6.45, 7) is 1.88. The number of halogens is 1. The molecule has 5 nitrogen and oxygen atoms in total. The van der Waals surface area contributed by atoms with E-state index in [9.17, 15) is 13.2 Å². The van der Waals surface area contributed by atoms with Crippen LogP contribution in [0.4, 0.5) is 0 Å². The maximum atomic E-state index is 13.1. The van der Waals surface area contributed by atoms with Crippen LogP contribution >= 0.6 is 15.9 Å². The summed E-state index contributed by atoms with van der Waals surface area (Å²) in [7, 11) is -2.40. The molecule has 0 bridgehead atoms. The Hall–Kier alpha value is -2.38. The molecule has 7 heteroatoms. The van der Waals surface area contributed by atoms with Crippen LogP contribution in [0.1, 0.15) is 5.56 Å². The molecule has 0 fully saturated rings. The van der Waals surface area contributed by atoms with Crippen molar-refractivity contribution in [2.75, 3.05) is 0 Å². The van der Waals surface area contributed by atoms with Crippen molar-refractivity contribution in [3.8, 4) is 0 Å². The average Bonchev–Trinajstić information content (AvgIpc) is 2.87. The Morgan fingerprint density at radius 3 is 2.35 bits per heavy atom. The zero-order chi connectivity index (χ0) is 18.6. The van der Waals surface area contributed by atoms with Gasteiger partial charge in [0.2, 0.25) is 0 Å². The third-order valence-corrected chi connectivity index (χ3v) is 6.70. The predicted octanol–water partition coefficient (Wildman–Crippen LogP) is 3.80. The number of hydrogen-bond acceptors (Lipinski definition) is 3. The molecule has 26 heavy (non-hydrogen) atoms. The van der Waals surface area contributed by atoms with Crippen molar-refractivity contribution in [2.24, 2.45) is 7.05 Å². The van der Waals surface area contributed by atoms with Gasteiger partial charge in [-0.25, -0.2) is 13.2 Å². The molecule has 0 amide bonds. The molecule has 4 rings (SSSR count). The van der Waals surface area contributed by atoms with Crippen molar-refractivity contribution < 1.29 is 8.42 Å². The fourth-order valence-corrected chi connectivity index (χ4v) is 4.98. The van der Waals surface area contributed by atoms with Crippen LogP contribution < -0.4 is 5.69 Å². The van der Waals surface area contributed by atoms with Crippen LogP contribution in [0.2, 0.25) is 0 Å². The fourth-order valence-electron chi connectivity index (χ4n) is 3.17. The lowest BCUT2D eigenvalue weighted by Crippen LogP contribution is -2.28. The summed E-state index contributed by atoms with van der Waals surface area (Å²) in [5, 5.41) is 1.75. The van der Waals surface area contributed by atoms with Crippen LogP contribution in [-0.2, 0) is 17.1 Å².